The van der Waals surface area contributed by atoms with Gasteiger partial charge in [-0.1, -0.05) is 12.1 Å². The van der Waals surface area contributed by atoms with Crippen LogP contribution in [0.4, 0.5) is 4.39 Å². The van der Waals surface area contributed by atoms with E-state index in [0.717, 1.165) is 16.4 Å². The van der Waals surface area contributed by atoms with Gasteiger partial charge in [-0.05, 0) is 43.3 Å². The summed E-state index contributed by atoms with van der Waals surface area (Å²) in [4.78, 5) is 11.2. The van der Waals surface area contributed by atoms with Crippen LogP contribution >= 0.6 is 0 Å². The summed E-state index contributed by atoms with van der Waals surface area (Å²) >= 11 is 0. The van der Waals surface area contributed by atoms with E-state index in [1.54, 1.807) is 0 Å². The molecule has 2 aromatic rings. The fourth-order valence-corrected chi connectivity index (χ4v) is 5.99. The number of benzene rings is 2. The Labute approximate surface area is 151 Å². The second-order valence-corrected chi connectivity index (χ2v) is 10.2. The number of halogens is 1. The Morgan fingerprint density at radius 3 is 1.92 bits per heavy atom. The fourth-order valence-electron chi connectivity index (χ4n) is 2.62. The van der Waals surface area contributed by atoms with Gasteiger partial charge in [-0.3, -0.25) is 4.79 Å². The van der Waals surface area contributed by atoms with Crippen LogP contribution in [0.2, 0.25) is 0 Å². The Bertz CT molecular complexity index is 1040. The molecular formula is C17H16FNO5S2. The van der Waals surface area contributed by atoms with Crippen molar-refractivity contribution < 1.29 is 26.0 Å². The molecule has 1 heterocycles. The van der Waals surface area contributed by atoms with Crippen molar-refractivity contribution >= 4 is 25.6 Å². The van der Waals surface area contributed by atoms with Gasteiger partial charge in [-0.25, -0.2) is 21.2 Å². The van der Waals surface area contributed by atoms with E-state index >= 15 is 0 Å². The lowest BCUT2D eigenvalue weighted by atomic mass is 10.2. The van der Waals surface area contributed by atoms with Crippen LogP contribution < -0.4 is 0 Å². The molecular weight excluding hydrogens is 381 g/mol. The molecule has 2 aromatic carbocycles. The predicted molar refractivity (Wildman–Crippen MR) is 92.6 cm³/mol. The summed E-state index contributed by atoms with van der Waals surface area (Å²) < 4.78 is 64.1. The Morgan fingerprint density at radius 1 is 0.923 bits per heavy atom. The van der Waals surface area contributed by atoms with Gasteiger partial charge >= 0.3 is 0 Å². The molecule has 26 heavy (non-hydrogen) atoms. The molecule has 6 nitrogen and oxygen atoms in total. The molecule has 1 aliphatic rings. The fraction of sp³-hybridized carbons (Fsp3) is 0.235. The molecule has 0 aliphatic carbocycles. The predicted octanol–water partition coefficient (Wildman–Crippen LogP) is 1.88. The zero-order valence-electron chi connectivity index (χ0n) is 13.8. The highest BCUT2D eigenvalue weighted by molar-refractivity contribution is 7.92. The molecule has 0 aromatic heterocycles. The molecule has 138 valence electrons. The number of nitrogens with zero attached hydrogens (tertiary/aromatic N) is 1. The molecule has 0 N–H and O–H groups in total. The third kappa shape index (κ3) is 3.29. The van der Waals surface area contributed by atoms with E-state index in [0.29, 0.717) is 5.56 Å². The summed E-state index contributed by atoms with van der Waals surface area (Å²) in [6.45, 7) is 1.04. The standard InChI is InChI=1S/C17H16FNO5S2/c1-12(20)13-2-6-16(7-3-13)26(23,24)19-10-17(11-19)25(21,22)15-8-4-14(18)5-9-15/h2-9,17H,10-11H2,1H3. The number of carbonyl (C=O) groups is 1. The lowest BCUT2D eigenvalue weighted by Gasteiger charge is -2.37. The number of sulfone groups is 1. The minimum absolute atomic E-state index is 0.000121. The first kappa shape index (κ1) is 18.7. The maximum Gasteiger partial charge on any atom is 0.243 e. The summed E-state index contributed by atoms with van der Waals surface area (Å²) in [7, 11) is -7.56. The van der Waals surface area contributed by atoms with Crippen molar-refractivity contribution in [3.8, 4) is 0 Å². The Morgan fingerprint density at radius 2 is 1.42 bits per heavy atom. The van der Waals surface area contributed by atoms with Crippen molar-refractivity contribution in [3.05, 3.63) is 59.9 Å². The molecule has 0 bridgehead atoms. The first-order valence-corrected chi connectivity index (χ1v) is 10.7. The van der Waals surface area contributed by atoms with E-state index in [-0.39, 0.29) is 28.7 Å². The average molecular weight is 397 g/mol. The highest BCUT2D eigenvalue weighted by atomic mass is 32.2. The van der Waals surface area contributed by atoms with Gasteiger partial charge in [-0.15, -0.1) is 0 Å². The van der Waals surface area contributed by atoms with E-state index in [2.05, 4.69) is 0 Å². The molecule has 1 aliphatic heterocycles. The number of rotatable bonds is 5. The summed E-state index contributed by atoms with van der Waals surface area (Å²) in [6.07, 6.45) is 0. The van der Waals surface area contributed by atoms with Crippen LogP contribution in [-0.2, 0) is 19.9 Å². The zero-order chi connectivity index (χ0) is 19.1. The Balaban J connectivity index is 1.76. The largest absolute Gasteiger partial charge is 0.295 e. The van der Waals surface area contributed by atoms with Gasteiger partial charge in [0.1, 0.15) is 5.82 Å². The summed E-state index contributed by atoms with van der Waals surface area (Å²) in [5, 5.41) is -0.876. The third-order valence-corrected chi connectivity index (χ3v) is 8.25. The molecule has 0 saturated carbocycles. The number of sulfonamides is 1. The first-order chi connectivity index (χ1) is 12.1. The Kier molecular flexibility index (Phi) is 4.72. The maximum absolute atomic E-state index is 13.0. The van der Waals surface area contributed by atoms with Gasteiger partial charge in [-0.2, -0.15) is 4.31 Å². The molecule has 0 spiro atoms. The molecule has 9 heteroatoms. The first-order valence-electron chi connectivity index (χ1n) is 7.73. The summed E-state index contributed by atoms with van der Waals surface area (Å²) in [6, 6.07) is 9.93. The van der Waals surface area contributed by atoms with Crippen LogP contribution in [0.1, 0.15) is 17.3 Å². The van der Waals surface area contributed by atoms with Crippen molar-refractivity contribution in [1.82, 2.24) is 4.31 Å². The second kappa shape index (κ2) is 6.57. The highest BCUT2D eigenvalue weighted by Crippen LogP contribution is 2.29. The normalized spacial score (nSPS) is 16.2. The van der Waals surface area contributed by atoms with Crippen molar-refractivity contribution in [2.75, 3.05) is 13.1 Å². The minimum Gasteiger partial charge on any atom is -0.295 e. The number of Topliss-reactive ketones (excluding diaryl/α,β-unsaturated/α-hetero) is 1. The van der Waals surface area contributed by atoms with Gasteiger partial charge < -0.3 is 0 Å². The molecule has 0 radical (unpaired) electrons. The van der Waals surface area contributed by atoms with Crippen LogP contribution in [0.5, 0.6) is 0 Å². The molecule has 3 rings (SSSR count). The van der Waals surface area contributed by atoms with Gasteiger partial charge in [0.15, 0.2) is 15.6 Å². The van der Waals surface area contributed by atoms with Crippen molar-refractivity contribution in [3.63, 3.8) is 0 Å². The Hall–Kier alpha value is -2.10. The van der Waals surface area contributed by atoms with Crippen LogP contribution in [-0.4, -0.2) is 45.3 Å². The van der Waals surface area contributed by atoms with Gasteiger partial charge in [0.25, 0.3) is 0 Å². The van der Waals surface area contributed by atoms with Crippen LogP contribution in [0.25, 0.3) is 0 Å². The van der Waals surface area contributed by atoms with Crippen LogP contribution in [0.15, 0.2) is 58.3 Å². The van der Waals surface area contributed by atoms with E-state index in [1.165, 1.54) is 43.3 Å². The van der Waals surface area contributed by atoms with Gasteiger partial charge in [0.2, 0.25) is 10.0 Å². The summed E-state index contributed by atoms with van der Waals surface area (Å²) in [5.41, 5.74) is 0.393. The smallest absolute Gasteiger partial charge is 0.243 e. The maximum atomic E-state index is 13.0. The van der Waals surface area contributed by atoms with E-state index in [4.69, 9.17) is 0 Å². The number of hydrogen-bond acceptors (Lipinski definition) is 5. The van der Waals surface area contributed by atoms with Gasteiger partial charge in [0, 0.05) is 18.7 Å². The number of hydrogen-bond donors (Lipinski definition) is 0. The van der Waals surface area contributed by atoms with Crippen LogP contribution in [0, 0.1) is 5.82 Å². The average Bonchev–Trinajstić information content (AvgIpc) is 2.53. The molecule has 0 atom stereocenters. The summed E-state index contributed by atoms with van der Waals surface area (Å²) in [5.74, 6) is -0.723. The molecule has 0 unspecified atom stereocenters. The van der Waals surface area contributed by atoms with Crippen molar-refractivity contribution in [2.45, 2.75) is 22.0 Å². The monoisotopic (exact) mass is 397 g/mol. The second-order valence-electron chi connectivity index (χ2n) is 6.02. The van der Waals surface area contributed by atoms with E-state index in [9.17, 15) is 26.0 Å². The zero-order valence-corrected chi connectivity index (χ0v) is 15.4. The lowest BCUT2D eigenvalue weighted by Crippen LogP contribution is -2.56. The highest BCUT2D eigenvalue weighted by Gasteiger charge is 2.44. The van der Waals surface area contributed by atoms with Crippen molar-refractivity contribution in [1.29, 1.82) is 0 Å². The molecule has 1 fully saturated rings. The number of carbonyl (C=O) groups excluding carboxylic acids is 1. The molecule has 1 saturated heterocycles. The quantitative estimate of drug-likeness (QED) is 0.568. The third-order valence-electron chi connectivity index (χ3n) is 4.29. The van der Waals surface area contributed by atoms with Gasteiger partial charge in [0.05, 0.1) is 15.0 Å². The number of ketones is 1. The van der Waals surface area contributed by atoms with Crippen molar-refractivity contribution in [2.24, 2.45) is 0 Å². The molecule has 0 amide bonds. The van der Waals surface area contributed by atoms with Crippen LogP contribution in [0.3, 0.4) is 0 Å². The topological polar surface area (TPSA) is 88.6 Å². The minimum atomic E-state index is -3.83. The van der Waals surface area contributed by atoms with E-state index < -0.39 is 30.9 Å². The lowest BCUT2D eigenvalue weighted by molar-refractivity contribution is 0.101. The SMILES string of the molecule is CC(=O)c1ccc(S(=O)(=O)N2CC(S(=O)(=O)c3ccc(F)cc3)C2)cc1. The van der Waals surface area contributed by atoms with E-state index in [1.807, 2.05) is 0 Å².